The molecule has 5 nitrogen and oxygen atoms in total. The summed E-state index contributed by atoms with van der Waals surface area (Å²) in [6.07, 6.45) is 2.05. The van der Waals surface area contributed by atoms with Crippen LogP contribution in [0.25, 0.3) is 5.57 Å². The van der Waals surface area contributed by atoms with E-state index in [1.807, 2.05) is 71.8 Å². The standard InChI is InChI=1S/C32H23ClN2O3S/c1-18-17-26-32(21-11-4-6-13-23(21)34-31(32)38)27(30(37)25-15-8-16-39-25)28(29(36)20-10-2-5-12-22(20)33)35(26)24-14-7-3-9-19(18)24/h2-17,26-28H,1H3,(H,34,38)/t26-,27+,28-,32-/m0/s1. The second-order valence-corrected chi connectivity index (χ2v) is 11.6. The van der Waals surface area contributed by atoms with E-state index in [2.05, 4.69) is 11.4 Å². The van der Waals surface area contributed by atoms with Crippen molar-refractivity contribution < 1.29 is 14.4 Å². The molecule has 3 aliphatic rings. The van der Waals surface area contributed by atoms with E-state index in [4.69, 9.17) is 11.6 Å². The van der Waals surface area contributed by atoms with E-state index >= 15 is 0 Å². The summed E-state index contributed by atoms with van der Waals surface area (Å²) >= 11 is 7.89. The number of carbonyl (C=O) groups is 3. The molecule has 3 aromatic carbocycles. The highest BCUT2D eigenvalue weighted by molar-refractivity contribution is 7.12. The predicted molar refractivity (Wildman–Crippen MR) is 155 cm³/mol. The number of nitrogens with zero attached hydrogens (tertiary/aromatic N) is 1. The molecule has 39 heavy (non-hydrogen) atoms. The fourth-order valence-corrected chi connectivity index (χ4v) is 7.71. The van der Waals surface area contributed by atoms with E-state index in [0.29, 0.717) is 21.2 Å². The molecule has 7 heteroatoms. The van der Waals surface area contributed by atoms with Crippen LogP contribution < -0.4 is 10.2 Å². The number of benzene rings is 3. The number of ketones is 2. The van der Waals surface area contributed by atoms with Crippen molar-refractivity contribution in [2.45, 2.75) is 24.4 Å². The topological polar surface area (TPSA) is 66.5 Å². The minimum atomic E-state index is -1.33. The van der Waals surface area contributed by atoms with Crippen molar-refractivity contribution in [2.75, 3.05) is 10.2 Å². The molecule has 1 saturated heterocycles. The monoisotopic (exact) mass is 550 g/mol. The van der Waals surface area contributed by atoms with Gasteiger partial charge in [-0.25, -0.2) is 0 Å². The van der Waals surface area contributed by atoms with Crippen LogP contribution in [0.2, 0.25) is 5.02 Å². The van der Waals surface area contributed by atoms with Crippen LogP contribution in [0.1, 0.15) is 38.1 Å². The summed E-state index contributed by atoms with van der Waals surface area (Å²) in [5.74, 6) is -1.77. The maximum absolute atomic E-state index is 14.6. The largest absolute Gasteiger partial charge is 0.352 e. The van der Waals surface area contributed by atoms with E-state index < -0.39 is 23.4 Å². The molecule has 1 aromatic heterocycles. The molecule has 0 radical (unpaired) electrons. The van der Waals surface area contributed by atoms with Crippen molar-refractivity contribution in [3.05, 3.63) is 123 Å². The summed E-state index contributed by atoms with van der Waals surface area (Å²) in [6.45, 7) is 2.02. The highest BCUT2D eigenvalue weighted by Gasteiger charge is 2.70. The Balaban J connectivity index is 1.57. The molecule has 3 aliphatic heterocycles. The highest BCUT2D eigenvalue weighted by Crippen LogP contribution is 2.59. The number of anilines is 2. The first kappa shape index (κ1) is 24.1. The van der Waals surface area contributed by atoms with E-state index in [-0.39, 0.29) is 17.5 Å². The van der Waals surface area contributed by atoms with Gasteiger partial charge in [-0.05, 0) is 53.8 Å². The van der Waals surface area contributed by atoms with Gasteiger partial charge in [-0.1, -0.05) is 72.3 Å². The van der Waals surface area contributed by atoms with E-state index in [9.17, 15) is 14.4 Å². The number of carbonyl (C=O) groups excluding carboxylic acids is 3. The molecule has 4 heterocycles. The number of fused-ring (bicyclic) bond motifs is 6. The highest BCUT2D eigenvalue weighted by atomic mass is 35.5. The van der Waals surface area contributed by atoms with E-state index in [1.54, 1.807) is 30.3 Å². The molecule has 0 bridgehead atoms. The van der Waals surface area contributed by atoms with Crippen LogP contribution >= 0.6 is 22.9 Å². The van der Waals surface area contributed by atoms with Gasteiger partial charge < -0.3 is 10.2 Å². The number of hydrogen-bond acceptors (Lipinski definition) is 5. The second kappa shape index (κ2) is 8.76. The third kappa shape index (κ3) is 3.22. The van der Waals surface area contributed by atoms with Crippen molar-refractivity contribution in [2.24, 2.45) is 5.92 Å². The van der Waals surface area contributed by atoms with Gasteiger partial charge in [-0.2, -0.15) is 0 Å². The normalized spacial score (nSPS) is 24.6. The lowest BCUT2D eigenvalue weighted by Gasteiger charge is -2.39. The number of para-hydroxylation sites is 2. The fourth-order valence-electron chi connectivity index (χ4n) is 6.78. The third-order valence-electron chi connectivity index (χ3n) is 8.34. The van der Waals surface area contributed by atoms with Crippen LogP contribution in [0, 0.1) is 5.92 Å². The smallest absolute Gasteiger partial charge is 0.238 e. The summed E-state index contributed by atoms with van der Waals surface area (Å²) in [7, 11) is 0. The quantitative estimate of drug-likeness (QED) is 0.289. The lowest BCUT2D eigenvalue weighted by Crippen LogP contribution is -2.51. The second-order valence-electron chi connectivity index (χ2n) is 10.2. The minimum absolute atomic E-state index is 0.222. The Hall–Kier alpha value is -4.00. The van der Waals surface area contributed by atoms with Crippen molar-refractivity contribution in [3.8, 4) is 0 Å². The Morgan fingerprint density at radius 3 is 2.46 bits per heavy atom. The lowest BCUT2D eigenvalue weighted by atomic mass is 9.64. The zero-order valence-corrected chi connectivity index (χ0v) is 22.5. The van der Waals surface area contributed by atoms with Gasteiger partial charge in [-0.15, -0.1) is 11.3 Å². The van der Waals surface area contributed by atoms with Gasteiger partial charge in [0.05, 0.1) is 21.9 Å². The molecule has 1 fully saturated rings. The first-order valence-corrected chi connectivity index (χ1v) is 14.0. The molecule has 1 spiro atoms. The summed E-state index contributed by atoms with van der Waals surface area (Å²) in [4.78, 5) is 46.1. The SMILES string of the molecule is CC1=C[C@@H]2N(c3ccccc31)[C@H](C(=O)c1ccccc1Cl)[C@H](C(=O)c1cccs1)[C@@]21C(=O)Nc2ccccc21. The third-order valence-corrected chi connectivity index (χ3v) is 9.55. The Kier molecular flexibility index (Phi) is 5.41. The van der Waals surface area contributed by atoms with Gasteiger partial charge >= 0.3 is 0 Å². The molecule has 0 unspecified atom stereocenters. The molecule has 1 N–H and O–H groups in total. The Bertz CT molecular complexity index is 1710. The van der Waals surface area contributed by atoms with Crippen molar-refractivity contribution in [1.29, 1.82) is 0 Å². The minimum Gasteiger partial charge on any atom is -0.352 e. The first-order chi connectivity index (χ1) is 18.9. The van der Waals surface area contributed by atoms with Crippen LogP contribution in [0.3, 0.4) is 0 Å². The van der Waals surface area contributed by atoms with Gasteiger partial charge in [0, 0.05) is 22.5 Å². The summed E-state index contributed by atoms with van der Waals surface area (Å²) in [5.41, 5.74) is 3.20. The van der Waals surface area contributed by atoms with Gasteiger partial charge in [0.15, 0.2) is 11.6 Å². The van der Waals surface area contributed by atoms with Gasteiger partial charge in [0.1, 0.15) is 11.5 Å². The average Bonchev–Trinajstić information content (AvgIpc) is 3.66. The molecular formula is C32H23ClN2O3S. The number of rotatable bonds is 4. The number of thiophene rings is 1. The summed E-state index contributed by atoms with van der Waals surface area (Å²) < 4.78 is 0. The van der Waals surface area contributed by atoms with Gasteiger partial charge in [0.2, 0.25) is 5.91 Å². The van der Waals surface area contributed by atoms with Gasteiger partial charge in [-0.3, -0.25) is 14.4 Å². The van der Waals surface area contributed by atoms with Crippen molar-refractivity contribution in [1.82, 2.24) is 0 Å². The summed E-state index contributed by atoms with van der Waals surface area (Å²) in [5, 5.41) is 5.22. The van der Waals surface area contributed by atoms with E-state index in [1.165, 1.54) is 11.3 Å². The summed E-state index contributed by atoms with van der Waals surface area (Å²) in [6, 6.07) is 24.3. The molecule has 7 rings (SSSR count). The number of halogens is 1. The van der Waals surface area contributed by atoms with Crippen LogP contribution in [0.15, 0.2) is 96.4 Å². The number of nitrogens with one attached hydrogen (secondary N) is 1. The maximum atomic E-state index is 14.6. The Labute approximate surface area is 234 Å². The molecule has 4 aromatic rings. The first-order valence-electron chi connectivity index (χ1n) is 12.8. The van der Waals surface area contributed by atoms with Crippen LogP contribution in [0.4, 0.5) is 11.4 Å². The Morgan fingerprint density at radius 2 is 1.67 bits per heavy atom. The molecule has 1 amide bonds. The molecule has 0 aliphatic carbocycles. The number of Topliss-reactive ketones (excluding diaryl/α,β-unsaturated/α-hetero) is 2. The zero-order valence-electron chi connectivity index (χ0n) is 20.9. The van der Waals surface area contributed by atoms with Crippen LogP contribution in [-0.2, 0) is 10.2 Å². The average molecular weight is 551 g/mol. The molecular weight excluding hydrogens is 528 g/mol. The maximum Gasteiger partial charge on any atom is 0.238 e. The predicted octanol–water partition coefficient (Wildman–Crippen LogP) is 6.65. The van der Waals surface area contributed by atoms with Crippen molar-refractivity contribution in [3.63, 3.8) is 0 Å². The lowest BCUT2D eigenvalue weighted by molar-refractivity contribution is -0.121. The molecule has 0 saturated carbocycles. The number of allylic oxidation sites excluding steroid dienone is 1. The number of hydrogen-bond donors (Lipinski definition) is 1. The molecule has 4 atom stereocenters. The van der Waals surface area contributed by atoms with Crippen LogP contribution in [0.5, 0.6) is 0 Å². The van der Waals surface area contributed by atoms with Gasteiger partial charge in [0.25, 0.3) is 0 Å². The van der Waals surface area contributed by atoms with E-state index in [0.717, 1.165) is 22.4 Å². The zero-order chi connectivity index (χ0) is 26.9. The number of amides is 1. The Morgan fingerprint density at radius 1 is 0.923 bits per heavy atom. The molecule has 192 valence electrons. The van der Waals surface area contributed by atoms with Crippen molar-refractivity contribution >= 4 is 57.4 Å². The van der Waals surface area contributed by atoms with Crippen LogP contribution in [-0.4, -0.2) is 29.6 Å². The fraction of sp³-hybridized carbons (Fsp3) is 0.156.